The smallest absolute Gasteiger partial charge is 0.333 e. The van der Waals surface area contributed by atoms with E-state index in [1.54, 1.807) is 13.0 Å². The number of nitrogens with one attached hydrogen (secondary N) is 1. The lowest BCUT2D eigenvalue weighted by Crippen LogP contribution is -2.57. The van der Waals surface area contributed by atoms with Crippen molar-refractivity contribution in [3.8, 4) is 0 Å². The molecule has 0 saturated heterocycles. The van der Waals surface area contributed by atoms with Gasteiger partial charge in [0.25, 0.3) is 0 Å². The van der Waals surface area contributed by atoms with E-state index in [1.165, 1.54) is 6.08 Å². The number of carbonyl (C=O) groups is 2. The molecule has 1 rings (SSSR count). The van der Waals surface area contributed by atoms with Gasteiger partial charge in [-0.1, -0.05) is 20.4 Å². The Labute approximate surface area is 138 Å². The standard InChI is InChI=1S/C17H28N2O4/c1-5-12(6-2)23-14-10-11(17(21)22-8-4)9-13(18)16(14)19-15(20)7-3/h7,10,12-14,16H,3,5-6,8-9,18H2,1-2,4H3,(H,19,20)/t13-,14+,16+/m0/s1. The maximum absolute atomic E-state index is 12.0. The van der Waals surface area contributed by atoms with Gasteiger partial charge in [0.05, 0.1) is 24.9 Å². The molecular weight excluding hydrogens is 296 g/mol. The van der Waals surface area contributed by atoms with E-state index in [9.17, 15) is 9.59 Å². The van der Waals surface area contributed by atoms with Crippen molar-refractivity contribution in [3.63, 3.8) is 0 Å². The molecule has 130 valence electrons. The van der Waals surface area contributed by atoms with E-state index in [2.05, 4.69) is 11.9 Å². The van der Waals surface area contributed by atoms with Gasteiger partial charge < -0.3 is 20.5 Å². The Balaban J connectivity index is 3.01. The Hall–Kier alpha value is -1.66. The van der Waals surface area contributed by atoms with Crippen molar-refractivity contribution in [2.24, 2.45) is 5.73 Å². The van der Waals surface area contributed by atoms with Gasteiger partial charge in [0.2, 0.25) is 5.91 Å². The molecule has 1 aliphatic rings. The molecule has 0 aromatic rings. The molecule has 6 nitrogen and oxygen atoms in total. The van der Waals surface area contributed by atoms with Crippen molar-refractivity contribution in [2.45, 2.75) is 64.3 Å². The maximum atomic E-state index is 12.0. The summed E-state index contributed by atoms with van der Waals surface area (Å²) < 4.78 is 11.1. The van der Waals surface area contributed by atoms with Crippen LogP contribution >= 0.6 is 0 Å². The molecule has 0 bridgehead atoms. The van der Waals surface area contributed by atoms with Gasteiger partial charge in [-0.25, -0.2) is 4.79 Å². The van der Waals surface area contributed by atoms with Gasteiger partial charge in [-0.2, -0.15) is 0 Å². The molecule has 6 heteroatoms. The monoisotopic (exact) mass is 324 g/mol. The molecule has 0 aliphatic heterocycles. The minimum atomic E-state index is -0.466. The van der Waals surface area contributed by atoms with E-state index in [0.717, 1.165) is 12.8 Å². The summed E-state index contributed by atoms with van der Waals surface area (Å²) in [6.45, 7) is 9.58. The fourth-order valence-electron chi connectivity index (χ4n) is 2.61. The maximum Gasteiger partial charge on any atom is 0.333 e. The highest BCUT2D eigenvalue weighted by Gasteiger charge is 2.36. The van der Waals surface area contributed by atoms with Crippen molar-refractivity contribution in [1.82, 2.24) is 5.32 Å². The topological polar surface area (TPSA) is 90.7 Å². The van der Waals surface area contributed by atoms with Gasteiger partial charge in [0, 0.05) is 11.6 Å². The van der Waals surface area contributed by atoms with Gasteiger partial charge in [-0.3, -0.25) is 4.79 Å². The summed E-state index contributed by atoms with van der Waals surface area (Å²) in [5.74, 6) is -0.689. The summed E-state index contributed by atoms with van der Waals surface area (Å²) in [7, 11) is 0. The Morgan fingerprint density at radius 3 is 2.61 bits per heavy atom. The Morgan fingerprint density at radius 2 is 2.09 bits per heavy atom. The van der Waals surface area contributed by atoms with Gasteiger partial charge in [0.15, 0.2) is 0 Å². The molecule has 0 aromatic heterocycles. The summed E-state index contributed by atoms with van der Waals surface area (Å²) in [4.78, 5) is 23.7. The summed E-state index contributed by atoms with van der Waals surface area (Å²) in [6.07, 6.45) is 4.52. The van der Waals surface area contributed by atoms with Crippen LogP contribution in [0, 0.1) is 0 Å². The van der Waals surface area contributed by atoms with E-state index in [4.69, 9.17) is 15.2 Å². The molecule has 0 spiro atoms. The predicted molar refractivity (Wildman–Crippen MR) is 88.7 cm³/mol. The quantitative estimate of drug-likeness (QED) is 0.521. The Bertz CT molecular complexity index is 458. The van der Waals surface area contributed by atoms with E-state index in [-0.39, 0.29) is 18.0 Å². The van der Waals surface area contributed by atoms with Crippen LogP contribution in [0.2, 0.25) is 0 Å². The van der Waals surface area contributed by atoms with E-state index in [1.807, 2.05) is 13.8 Å². The third-order valence-electron chi connectivity index (χ3n) is 3.93. The fourth-order valence-corrected chi connectivity index (χ4v) is 2.61. The normalized spacial score (nSPS) is 24.0. The van der Waals surface area contributed by atoms with Crippen LogP contribution in [0.1, 0.15) is 40.0 Å². The van der Waals surface area contributed by atoms with Crippen LogP contribution in [-0.2, 0) is 19.1 Å². The van der Waals surface area contributed by atoms with Crippen LogP contribution < -0.4 is 11.1 Å². The number of nitrogens with two attached hydrogens (primary N) is 1. The van der Waals surface area contributed by atoms with E-state index >= 15 is 0 Å². The lowest BCUT2D eigenvalue weighted by atomic mass is 9.88. The van der Waals surface area contributed by atoms with Crippen LogP contribution in [0.3, 0.4) is 0 Å². The Kier molecular flexibility index (Phi) is 7.98. The first kappa shape index (κ1) is 19.4. The van der Waals surface area contributed by atoms with Crippen molar-refractivity contribution in [1.29, 1.82) is 0 Å². The summed E-state index contributed by atoms with van der Waals surface area (Å²) in [6, 6.07) is -0.832. The van der Waals surface area contributed by atoms with Crippen LogP contribution in [-0.4, -0.2) is 42.8 Å². The number of ether oxygens (including phenoxy) is 2. The van der Waals surface area contributed by atoms with Gasteiger partial charge in [-0.15, -0.1) is 0 Å². The molecule has 0 saturated carbocycles. The summed E-state index contributed by atoms with van der Waals surface area (Å²) in [5.41, 5.74) is 6.68. The third-order valence-corrected chi connectivity index (χ3v) is 3.93. The molecule has 1 amide bonds. The molecule has 0 fully saturated rings. The first-order chi connectivity index (χ1) is 11.0. The van der Waals surface area contributed by atoms with Crippen molar-refractivity contribution in [2.75, 3.05) is 6.61 Å². The molecule has 1 aliphatic carbocycles. The number of carbonyl (C=O) groups excluding carboxylic acids is 2. The number of amides is 1. The second kappa shape index (κ2) is 9.47. The number of hydrogen-bond donors (Lipinski definition) is 2. The van der Waals surface area contributed by atoms with Gasteiger partial charge in [-0.05, 0) is 38.3 Å². The minimum Gasteiger partial charge on any atom is -0.463 e. The van der Waals surface area contributed by atoms with Crippen molar-refractivity contribution in [3.05, 3.63) is 24.3 Å². The molecule has 23 heavy (non-hydrogen) atoms. The van der Waals surface area contributed by atoms with E-state index < -0.39 is 18.2 Å². The molecule has 0 unspecified atom stereocenters. The highest BCUT2D eigenvalue weighted by Crippen LogP contribution is 2.24. The summed E-state index contributed by atoms with van der Waals surface area (Å²) >= 11 is 0. The second-order valence-corrected chi connectivity index (χ2v) is 5.56. The number of hydrogen-bond acceptors (Lipinski definition) is 5. The SMILES string of the molecule is C=CC(=O)N[C@@H]1[C@@H](N)CC(C(=O)OCC)=C[C@H]1OC(CC)CC. The lowest BCUT2D eigenvalue weighted by Gasteiger charge is -2.36. The first-order valence-corrected chi connectivity index (χ1v) is 8.18. The largest absolute Gasteiger partial charge is 0.463 e. The first-order valence-electron chi connectivity index (χ1n) is 8.18. The molecular formula is C17H28N2O4. The highest BCUT2D eigenvalue weighted by molar-refractivity contribution is 5.89. The van der Waals surface area contributed by atoms with Crippen LogP contribution in [0.15, 0.2) is 24.3 Å². The van der Waals surface area contributed by atoms with Crippen molar-refractivity contribution < 1.29 is 19.1 Å². The average Bonchev–Trinajstić information content (AvgIpc) is 2.54. The van der Waals surface area contributed by atoms with Crippen LogP contribution in [0.5, 0.6) is 0 Å². The van der Waals surface area contributed by atoms with Crippen molar-refractivity contribution >= 4 is 11.9 Å². The predicted octanol–water partition coefficient (Wildman–Crippen LogP) is 1.45. The highest BCUT2D eigenvalue weighted by atomic mass is 16.5. The number of esters is 1. The zero-order valence-electron chi connectivity index (χ0n) is 14.2. The Morgan fingerprint density at radius 1 is 1.43 bits per heavy atom. The third kappa shape index (κ3) is 5.48. The average molecular weight is 324 g/mol. The zero-order chi connectivity index (χ0) is 17.4. The molecule has 3 atom stereocenters. The second-order valence-electron chi connectivity index (χ2n) is 5.56. The minimum absolute atomic E-state index is 0.0353. The lowest BCUT2D eigenvalue weighted by molar-refractivity contribution is -0.139. The zero-order valence-corrected chi connectivity index (χ0v) is 14.2. The van der Waals surface area contributed by atoms with E-state index in [0.29, 0.717) is 18.6 Å². The van der Waals surface area contributed by atoms with Crippen LogP contribution in [0.25, 0.3) is 0 Å². The number of rotatable bonds is 8. The van der Waals surface area contributed by atoms with Gasteiger partial charge in [0.1, 0.15) is 0 Å². The molecule has 3 N–H and O–H groups in total. The summed E-state index contributed by atoms with van der Waals surface area (Å²) in [5, 5.41) is 2.81. The van der Waals surface area contributed by atoms with Crippen LogP contribution in [0.4, 0.5) is 0 Å². The molecule has 0 radical (unpaired) electrons. The van der Waals surface area contributed by atoms with Gasteiger partial charge >= 0.3 is 5.97 Å². The molecule has 0 heterocycles. The fraction of sp³-hybridized carbons (Fsp3) is 0.647. The molecule has 0 aromatic carbocycles.